The minimum atomic E-state index is -0.678. The highest BCUT2D eigenvalue weighted by Crippen LogP contribution is 2.30. The Morgan fingerprint density at radius 1 is 1.35 bits per heavy atom. The molecule has 0 saturated heterocycles. The number of benzene rings is 1. The summed E-state index contributed by atoms with van der Waals surface area (Å²) in [5.41, 5.74) is 3.11. The molecule has 8 nitrogen and oxygen atoms in total. The van der Waals surface area contributed by atoms with Crippen LogP contribution in [0.15, 0.2) is 29.6 Å². The summed E-state index contributed by atoms with van der Waals surface area (Å²) in [4.78, 5) is 17.8. The van der Waals surface area contributed by atoms with Gasteiger partial charge in [-0.15, -0.1) is 0 Å². The van der Waals surface area contributed by atoms with Crippen LogP contribution in [0.2, 0.25) is 0 Å². The molecule has 1 amide bonds. The monoisotopic (exact) mass is 358 g/mol. The number of nitrogens with one attached hydrogen (secondary N) is 1. The number of rotatable bonds is 6. The van der Waals surface area contributed by atoms with Gasteiger partial charge in [0.25, 0.3) is 5.91 Å². The van der Waals surface area contributed by atoms with Crippen molar-refractivity contribution in [2.24, 2.45) is 5.16 Å². The Bertz CT molecular complexity index is 844. The number of carbonyl (C=O) groups is 1. The van der Waals surface area contributed by atoms with Crippen LogP contribution < -0.4 is 14.8 Å². The van der Waals surface area contributed by atoms with Crippen LogP contribution in [-0.2, 0) is 16.2 Å². The van der Waals surface area contributed by atoms with E-state index in [-0.39, 0.29) is 5.91 Å². The van der Waals surface area contributed by atoms with Gasteiger partial charge >= 0.3 is 0 Å². The molecule has 1 aromatic heterocycles. The lowest BCUT2D eigenvalue weighted by atomic mass is 10.1. The maximum atomic E-state index is 12.5. The molecule has 0 bridgehead atoms. The van der Waals surface area contributed by atoms with Crippen molar-refractivity contribution in [3.63, 3.8) is 0 Å². The molecule has 0 spiro atoms. The third kappa shape index (κ3) is 3.49. The Hall–Kier alpha value is -3.03. The van der Waals surface area contributed by atoms with Crippen LogP contribution in [0.1, 0.15) is 24.6 Å². The van der Waals surface area contributed by atoms with Gasteiger partial charge in [-0.2, -0.15) is 5.10 Å². The molecule has 1 N–H and O–H groups in total. The maximum Gasteiger partial charge on any atom is 0.268 e. The highest BCUT2D eigenvalue weighted by Gasteiger charge is 2.30. The summed E-state index contributed by atoms with van der Waals surface area (Å²) in [6, 6.07) is 5.17. The topological polar surface area (TPSA) is 87.0 Å². The van der Waals surface area contributed by atoms with Crippen LogP contribution in [-0.4, -0.2) is 41.7 Å². The normalized spacial score (nSPS) is 16.0. The molecule has 1 atom stereocenters. The van der Waals surface area contributed by atoms with Gasteiger partial charge in [0.1, 0.15) is 0 Å². The van der Waals surface area contributed by atoms with Crippen molar-refractivity contribution in [3.05, 3.63) is 35.7 Å². The van der Waals surface area contributed by atoms with Gasteiger partial charge in [0, 0.05) is 36.5 Å². The third-order valence-corrected chi connectivity index (χ3v) is 4.19. The first kappa shape index (κ1) is 17.8. The van der Waals surface area contributed by atoms with Crippen molar-refractivity contribution in [2.75, 3.05) is 19.5 Å². The predicted molar refractivity (Wildman–Crippen MR) is 96.8 cm³/mol. The Morgan fingerprint density at radius 3 is 2.77 bits per heavy atom. The summed E-state index contributed by atoms with van der Waals surface area (Å²) in [5.74, 6) is 0.866. The molecule has 0 saturated carbocycles. The zero-order chi connectivity index (χ0) is 18.7. The predicted octanol–water partition coefficient (Wildman–Crippen LogP) is 2.36. The number of anilines is 1. The van der Waals surface area contributed by atoms with E-state index in [1.54, 1.807) is 32.4 Å². The second-order valence-corrected chi connectivity index (χ2v) is 5.88. The molecule has 0 fully saturated rings. The van der Waals surface area contributed by atoms with Crippen LogP contribution >= 0.6 is 0 Å². The zero-order valence-corrected chi connectivity index (χ0v) is 15.3. The van der Waals surface area contributed by atoms with E-state index in [0.717, 1.165) is 23.5 Å². The molecule has 8 heteroatoms. The average Bonchev–Trinajstić information content (AvgIpc) is 3.27. The van der Waals surface area contributed by atoms with Gasteiger partial charge in [-0.25, -0.2) is 0 Å². The summed E-state index contributed by atoms with van der Waals surface area (Å²) >= 11 is 0. The van der Waals surface area contributed by atoms with Crippen molar-refractivity contribution in [3.8, 4) is 11.5 Å². The van der Waals surface area contributed by atoms with Crippen LogP contribution in [0.4, 0.5) is 5.69 Å². The quantitative estimate of drug-likeness (QED) is 0.857. The van der Waals surface area contributed by atoms with E-state index < -0.39 is 6.10 Å². The Labute approximate surface area is 151 Å². The molecule has 0 aliphatic carbocycles. The van der Waals surface area contributed by atoms with Gasteiger partial charge in [-0.05, 0) is 26.0 Å². The van der Waals surface area contributed by atoms with Gasteiger partial charge in [0.05, 0.1) is 25.6 Å². The first-order valence-corrected chi connectivity index (χ1v) is 8.35. The minimum Gasteiger partial charge on any atom is -0.493 e. The van der Waals surface area contributed by atoms with E-state index in [1.165, 1.54) is 0 Å². The smallest absolute Gasteiger partial charge is 0.268 e. The van der Waals surface area contributed by atoms with Crippen molar-refractivity contribution in [2.45, 2.75) is 32.9 Å². The Morgan fingerprint density at radius 2 is 2.12 bits per heavy atom. The van der Waals surface area contributed by atoms with Crippen molar-refractivity contribution < 1.29 is 19.1 Å². The molecule has 1 aliphatic heterocycles. The average molecular weight is 358 g/mol. The molecule has 138 valence electrons. The molecule has 0 radical (unpaired) electrons. The first-order valence-electron chi connectivity index (χ1n) is 8.35. The molecule has 26 heavy (non-hydrogen) atoms. The molecule has 2 heterocycles. The van der Waals surface area contributed by atoms with E-state index in [0.29, 0.717) is 23.6 Å². The number of carbonyl (C=O) groups excluding carboxylic acids is 1. The molecular formula is C18H22N4O4. The van der Waals surface area contributed by atoms with Crippen LogP contribution in [0.3, 0.4) is 0 Å². The summed E-state index contributed by atoms with van der Waals surface area (Å²) in [5, 5.41) is 11.3. The second-order valence-electron chi connectivity index (χ2n) is 5.88. The fraction of sp³-hybridized carbons (Fsp3) is 0.389. The van der Waals surface area contributed by atoms with Gasteiger partial charge in [-0.1, -0.05) is 5.16 Å². The number of nitrogens with zero attached hydrogens (tertiary/aromatic N) is 3. The SMILES string of the molecule is CCn1cc(C2=NO[C@H](C(=O)Nc3ccc(OC)c(OC)c3)C2)c(C)n1. The maximum absolute atomic E-state index is 12.5. The Balaban J connectivity index is 1.66. The highest BCUT2D eigenvalue weighted by molar-refractivity contribution is 6.06. The summed E-state index contributed by atoms with van der Waals surface area (Å²) in [7, 11) is 3.10. The molecule has 1 aliphatic rings. The summed E-state index contributed by atoms with van der Waals surface area (Å²) in [6.45, 7) is 4.71. The van der Waals surface area contributed by atoms with Gasteiger partial charge in [0.15, 0.2) is 11.5 Å². The first-order chi connectivity index (χ1) is 12.5. The third-order valence-electron chi connectivity index (χ3n) is 4.19. The number of aryl methyl sites for hydroxylation is 2. The number of hydrogen-bond donors (Lipinski definition) is 1. The summed E-state index contributed by atoms with van der Waals surface area (Å²) in [6.07, 6.45) is 1.64. The number of aromatic nitrogens is 2. The van der Waals surface area contributed by atoms with Gasteiger partial charge in [0.2, 0.25) is 6.10 Å². The lowest BCUT2D eigenvalue weighted by Crippen LogP contribution is -2.28. The second kappa shape index (κ2) is 7.47. The van der Waals surface area contributed by atoms with Gasteiger partial charge < -0.3 is 19.6 Å². The fourth-order valence-electron chi connectivity index (χ4n) is 2.78. The van der Waals surface area contributed by atoms with Crippen molar-refractivity contribution >= 4 is 17.3 Å². The summed E-state index contributed by atoms with van der Waals surface area (Å²) < 4.78 is 12.3. The van der Waals surface area contributed by atoms with E-state index >= 15 is 0 Å². The number of amides is 1. The van der Waals surface area contributed by atoms with Crippen LogP contribution in [0.25, 0.3) is 0 Å². The minimum absolute atomic E-state index is 0.267. The lowest BCUT2D eigenvalue weighted by molar-refractivity contribution is -0.125. The zero-order valence-electron chi connectivity index (χ0n) is 15.3. The van der Waals surface area contributed by atoms with Gasteiger partial charge in [-0.3, -0.25) is 9.48 Å². The molecular weight excluding hydrogens is 336 g/mol. The number of hydrogen-bond acceptors (Lipinski definition) is 6. The highest BCUT2D eigenvalue weighted by atomic mass is 16.6. The molecule has 3 rings (SSSR count). The number of methoxy groups -OCH3 is 2. The van der Waals surface area contributed by atoms with E-state index in [2.05, 4.69) is 15.6 Å². The number of oxime groups is 1. The molecule has 0 unspecified atom stereocenters. The lowest BCUT2D eigenvalue weighted by Gasteiger charge is -2.12. The molecule has 1 aromatic carbocycles. The van der Waals surface area contributed by atoms with E-state index in [1.807, 2.05) is 24.7 Å². The Kier molecular flexibility index (Phi) is 5.11. The molecule has 2 aromatic rings. The number of ether oxygens (including phenoxy) is 2. The van der Waals surface area contributed by atoms with Crippen molar-refractivity contribution in [1.29, 1.82) is 0 Å². The van der Waals surface area contributed by atoms with Crippen LogP contribution in [0, 0.1) is 6.92 Å². The van der Waals surface area contributed by atoms with Crippen molar-refractivity contribution in [1.82, 2.24) is 9.78 Å². The van der Waals surface area contributed by atoms with E-state index in [4.69, 9.17) is 14.3 Å². The largest absolute Gasteiger partial charge is 0.493 e. The standard InChI is InChI=1S/C18H22N4O4/c1-5-22-10-13(11(2)20-22)14-9-17(26-21-14)18(23)19-12-6-7-15(24-3)16(8-12)25-4/h6-8,10,17H,5,9H2,1-4H3,(H,19,23)/t17-/m0/s1. The van der Waals surface area contributed by atoms with Crippen LogP contribution in [0.5, 0.6) is 11.5 Å². The fourth-order valence-corrected chi connectivity index (χ4v) is 2.78. The van der Waals surface area contributed by atoms with E-state index in [9.17, 15) is 4.79 Å².